The highest BCUT2D eigenvalue weighted by Crippen LogP contribution is 2.19. The van der Waals surface area contributed by atoms with Crippen LogP contribution in [0.2, 0.25) is 0 Å². The molecule has 2 rings (SSSR count). The molecule has 0 aliphatic rings. The van der Waals surface area contributed by atoms with Crippen LogP contribution in [-0.2, 0) is 0 Å². The zero-order chi connectivity index (χ0) is 13.1. The van der Waals surface area contributed by atoms with Gasteiger partial charge in [-0.1, -0.05) is 19.0 Å². The Morgan fingerprint density at radius 3 is 2.58 bits per heavy atom. The van der Waals surface area contributed by atoms with Gasteiger partial charge >= 0.3 is 0 Å². The zero-order valence-electron chi connectivity index (χ0n) is 11.2. The second kappa shape index (κ2) is 6.58. The van der Waals surface area contributed by atoms with Crippen molar-refractivity contribution in [2.45, 2.75) is 33.2 Å². The Hall–Kier alpha value is -1.53. The molecule has 7 heteroatoms. The smallest absolute Gasteiger partial charge is 0.243 e. The van der Waals surface area contributed by atoms with E-state index in [2.05, 4.69) is 34.2 Å². The number of hydrogen-bond donors (Lipinski definition) is 1. The summed E-state index contributed by atoms with van der Waals surface area (Å²) in [5.74, 6) is 1.35. The van der Waals surface area contributed by atoms with Crippen LogP contribution in [0.3, 0.4) is 0 Å². The number of hydrogen-bond acceptors (Lipinski definition) is 6. The zero-order valence-corrected chi connectivity index (χ0v) is 12.0. The molecule has 2 aromatic rings. The van der Waals surface area contributed by atoms with Crippen LogP contribution in [0.1, 0.15) is 37.9 Å². The molecule has 2 heterocycles. The highest BCUT2D eigenvalue weighted by molar-refractivity contribution is 5.85. The van der Waals surface area contributed by atoms with E-state index in [9.17, 15) is 0 Å². The van der Waals surface area contributed by atoms with Crippen LogP contribution in [0.5, 0.6) is 0 Å². The Labute approximate surface area is 118 Å². The van der Waals surface area contributed by atoms with E-state index in [1.54, 1.807) is 0 Å². The SMILES string of the molecule is Cc1ccc(-c2noc([C@H](N)CC(C)C)n2)nn1.Cl. The first-order valence-corrected chi connectivity index (χ1v) is 5.96. The number of nitrogens with zero attached hydrogens (tertiary/aromatic N) is 4. The van der Waals surface area contributed by atoms with Crippen molar-refractivity contribution in [2.75, 3.05) is 0 Å². The van der Waals surface area contributed by atoms with Gasteiger partial charge in [0.15, 0.2) is 0 Å². The summed E-state index contributed by atoms with van der Waals surface area (Å²) in [5, 5.41) is 11.8. The van der Waals surface area contributed by atoms with Gasteiger partial charge in [0.25, 0.3) is 0 Å². The highest BCUT2D eigenvalue weighted by atomic mass is 35.5. The lowest BCUT2D eigenvalue weighted by Crippen LogP contribution is -2.13. The van der Waals surface area contributed by atoms with E-state index >= 15 is 0 Å². The van der Waals surface area contributed by atoms with Gasteiger partial charge in [-0.15, -0.1) is 17.5 Å². The molecule has 2 aromatic heterocycles. The Morgan fingerprint density at radius 2 is 2.00 bits per heavy atom. The number of aromatic nitrogens is 4. The molecule has 0 aliphatic carbocycles. The standard InChI is InChI=1S/C12H17N5O.ClH/c1-7(2)6-9(13)12-14-11(17-18-12)10-5-4-8(3)15-16-10;/h4-5,7,9H,6,13H2,1-3H3;1H/t9-;/m1./s1. The Morgan fingerprint density at radius 1 is 1.26 bits per heavy atom. The maximum absolute atomic E-state index is 5.98. The van der Waals surface area contributed by atoms with E-state index in [1.807, 2.05) is 19.1 Å². The normalized spacial score (nSPS) is 12.3. The third kappa shape index (κ3) is 3.97. The molecule has 19 heavy (non-hydrogen) atoms. The molecule has 104 valence electrons. The minimum absolute atomic E-state index is 0. The second-order valence-corrected chi connectivity index (χ2v) is 4.75. The van der Waals surface area contributed by atoms with Crippen LogP contribution in [0.15, 0.2) is 16.7 Å². The molecule has 0 radical (unpaired) electrons. The maximum Gasteiger partial charge on any atom is 0.243 e. The summed E-state index contributed by atoms with van der Waals surface area (Å²) in [7, 11) is 0. The van der Waals surface area contributed by atoms with Crippen molar-refractivity contribution in [2.24, 2.45) is 11.7 Å². The average Bonchev–Trinajstić information content (AvgIpc) is 2.78. The van der Waals surface area contributed by atoms with Gasteiger partial charge in [-0.3, -0.25) is 0 Å². The van der Waals surface area contributed by atoms with Gasteiger partial charge in [0, 0.05) is 0 Å². The van der Waals surface area contributed by atoms with E-state index in [1.165, 1.54) is 0 Å². The third-order valence-electron chi connectivity index (χ3n) is 2.51. The van der Waals surface area contributed by atoms with E-state index < -0.39 is 0 Å². The summed E-state index contributed by atoms with van der Waals surface area (Å²) in [6, 6.07) is 3.43. The molecule has 0 amide bonds. The van der Waals surface area contributed by atoms with Crippen molar-refractivity contribution in [3.8, 4) is 11.5 Å². The molecule has 0 bridgehead atoms. The van der Waals surface area contributed by atoms with E-state index in [0.29, 0.717) is 23.3 Å². The minimum atomic E-state index is -0.232. The summed E-state index contributed by atoms with van der Waals surface area (Å²) in [6.07, 6.45) is 0.807. The van der Waals surface area contributed by atoms with Crippen LogP contribution >= 0.6 is 12.4 Å². The van der Waals surface area contributed by atoms with Gasteiger partial charge in [0.05, 0.1) is 11.7 Å². The lowest BCUT2D eigenvalue weighted by molar-refractivity contribution is 0.335. The molecule has 0 saturated carbocycles. The lowest BCUT2D eigenvalue weighted by atomic mass is 10.0. The van der Waals surface area contributed by atoms with Gasteiger partial charge < -0.3 is 10.3 Å². The molecule has 6 nitrogen and oxygen atoms in total. The molecule has 2 N–H and O–H groups in total. The minimum Gasteiger partial charge on any atom is -0.337 e. The van der Waals surface area contributed by atoms with Crippen LogP contribution in [-0.4, -0.2) is 20.3 Å². The maximum atomic E-state index is 5.98. The number of nitrogens with two attached hydrogens (primary N) is 1. The third-order valence-corrected chi connectivity index (χ3v) is 2.51. The molecule has 1 atom stereocenters. The molecular formula is C12H18ClN5O. The first-order chi connectivity index (χ1) is 8.56. The quantitative estimate of drug-likeness (QED) is 0.926. The highest BCUT2D eigenvalue weighted by Gasteiger charge is 2.17. The van der Waals surface area contributed by atoms with Crippen LogP contribution in [0.4, 0.5) is 0 Å². The molecule has 0 unspecified atom stereocenters. The number of rotatable bonds is 4. The second-order valence-electron chi connectivity index (χ2n) is 4.75. The Balaban J connectivity index is 0.00000180. The van der Waals surface area contributed by atoms with Gasteiger partial charge in [-0.25, -0.2) is 0 Å². The topological polar surface area (TPSA) is 90.7 Å². The van der Waals surface area contributed by atoms with E-state index in [-0.39, 0.29) is 18.4 Å². The van der Waals surface area contributed by atoms with Gasteiger partial charge in [0.1, 0.15) is 5.69 Å². The number of halogens is 1. The van der Waals surface area contributed by atoms with Crippen molar-refractivity contribution < 1.29 is 4.52 Å². The first-order valence-electron chi connectivity index (χ1n) is 5.96. The predicted molar refractivity (Wildman–Crippen MR) is 73.7 cm³/mol. The molecular weight excluding hydrogens is 266 g/mol. The van der Waals surface area contributed by atoms with Crippen molar-refractivity contribution in [3.05, 3.63) is 23.7 Å². The predicted octanol–water partition coefficient (Wildman–Crippen LogP) is 2.30. The Bertz CT molecular complexity index is 511. The van der Waals surface area contributed by atoms with Gasteiger partial charge in [-0.05, 0) is 31.4 Å². The number of aryl methyl sites for hydroxylation is 1. The summed E-state index contributed by atoms with van der Waals surface area (Å²) >= 11 is 0. The first kappa shape index (κ1) is 15.5. The fraction of sp³-hybridized carbons (Fsp3) is 0.500. The van der Waals surface area contributed by atoms with Crippen LogP contribution < -0.4 is 5.73 Å². The van der Waals surface area contributed by atoms with Crippen molar-refractivity contribution in [1.82, 2.24) is 20.3 Å². The average molecular weight is 284 g/mol. The largest absolute Gasteiger partial charge is 0.337 e. The van der Waals surface area contributed by atoms with Crippen molar-refractivity contribution in [3.63, 3.8) is 0 Å². The van der Waals surface area contributed by atoms with Crippen LogP contribution in [0.25, 0.3) is 11.5 Å². The van der Waals surface area contributed by atoms with Gasteiger partial charge in [0.2, 0.25) is 11.7 Å². The monoisotopic (exact) mass is 283 g/mol. The van der Waals surface area contributed by atoms with Gasteiger partial charge in [-0.2, -0.15) is 10.1 Å². The molecule has 0 saturated heterocycles. The lowest BCUT2D eigenvalue weighted by Gasteiger charge is -2.08. The molecule has 0 fully saturated rings. The van der Waals surface area contributed by atoms with E-state index in [0.717, 1.165) is 12.1 Å². The summed E-state index contributed by atoms with van der Waals surface area (Å²) in [5.41, 5.74) is 7.42. The molecule has 0 spiro atoms. The van der Waals surface area contributed by atoms with E-state index in [4.69, 9.17) is 10.3 Å². The van der Waals surface area contributed by atoms with Crippen molar-refractivity contribution in [1.29, 1.82) is 0 Å². The van der Waals surface area contributed by atoms with Crippen LogP contribution in [0, 0.1) is 12.8 Å². The fourth-order valence-corrected chi connectivity index (χ4v) is 1.62. The van der Waals surface area contributed by atoms with Crippen molar-refractivity contribution >= 4 is 12.4 Å². The summed E-state index contributed by atoms with van der Waals surface area (Å²) in [6.45, 7) is 6.07. The summed E-state index contributed by atoms with van der Waals surface area (Å²) < 4.78 is 5.16. The fourth-order valence-electron chi connectivity index (χ4n) is 1.62. The Kier molecular flexibility index (Phi) is 5.38. The molecule has 0 aliphatic heterocycles. The molecule has 0 aromatic carbocycles. The summed E-state index contributed by atoms with van der Waals surface area (Å²) in [4.78, 5) is 4.26.